The molecule has 114 valence electrons. The van der Waals surface area contributed by atoms with Crippen LogP contribution >= 0.6 is 0 Å². The van der Waals surface area contributed by atoms with E-state index in [2.05, 4.69) is 53.5 Å². The number of morpholine rings is 1. The van der Waals surface area contributed by atoms with E-state index in [1.165, 1.54) is 24.0 Å². The summed E-state index contributed by atoms with van der Waals surface area (Å²) in [5.41, 5.74) is 2.63. The second-order valence-corrected chi connectivity index (χ2v) is 6.25. The Morgan fingerprint density at radius 1 is 1.33 bits per heavy atom. The van der Waals surface area contributed by atoms with Crippen molar-refractivity contribution in [2.75, 3.05) is 32.8 Å². The molecule has 1 heterocycles. The number of nitrogens with one attached hydrogen (secondary N) is 1. The van der Waals surface area contributed by atoms with Crippen molar-refractivity contribution in [2.24, 2.45) is 0 Å². The van der Waals surface area contributed by atoms with Crippen molar-refractivity contribution in [1.29, 1.82) is 0 Å². The zero-order valence-corrected chi connectivity index (χ0v) is 12.9. The van der Waals surface area contributed by atoms with Gasteiger partial charge in [-0.05, 0) is 25.3 Å². The van der Waals surface area contributed by atoms with E-state index in [4.69, 9.17) is 4.74 Å². The van der Waals surface area contributed by atoms with Crippen molar-refractivity contribution in [2.45, 2.75) is 31.9 Å². The Bertz CT molecular complexity index is 467. The van der Waals surface area contributed by atoms with E-state index in [-0.39, 0.29) is 0 Å². The van der Waals surface area contributed by atoms with Crippen molar-refractivity contribution in [3.63, 3.8) is 0 Å². The molecule has 1 saturated heterocycles. The van der Waals surface area contributed by atoms with Crippen LogP contribution in [0.1, 0.15) is 25.3 Å². The van der Waals surface area contributed by atoms with Gasteiger partial charge in [0.15, 0.2) is 0 Å². The van der Waals surface area contributed by atoms with Crippen molar-refractivity contribution < 1.29 is 4.74 Å². The van der Waals surface area contributed by atoms with Crippen molar-refractivity contribution in [3.05, 3.63) is 41.5 Å². The predicted molar refractivity (Wildman–Crippen MR) is 87.3 cm³/mol. The number of hydrogen-bond acceptors (Lipinski definition) is 3. The van der Waals surface area contributed by atoms with Crippen LogP contribution in [0.25, 0.3) is 6.08 Å². The lowest BCUT2D eigenvalue weighted by Gasteiger charge is -2.33. The van der Waals surface area contributed by atoms with Gasteiger partial charge in [-0.15, -0.1) is 0 Å². The number of rotatable bonds is 6. The van der Waals surface area contributed by atoms with Crippen LogP contribution in [0.3, 0.4) is 0 Å². The van der Waals surface area contributed by atoms with Gasteiger partial charge in [-0.25, -0.2) is 0 Å². The summed E-state index contributed by atoms with van der Waals surface area (Å²) in [6.07, 6.45) is 5.37. The summed E-state index contributed by atoms with van der Waals surface area (Å²) in [6, 6.07) is 11.3. The quantitative estimate of drug-likeness (QED) is 0.870. The summed E-state index contributed by atoms with van der Waals surface area (Å²) in [6.45, 7) is 7.16. The lowest BCUT2D eigenvalue weighted by atomic mass is 10.1. The summed E-state index contributed by atoms with van der Waals surface area (Å²) < 4.78 is 5.86. The van der Waals surface area contributed by atoms with Gasteiger partial charge in [-0.3, -0.25) is 4.90 Å². The van der Waals surface area contributed by atoms with E-state index in [1.54, 1.807) is 0 Å². The van der Waals surface area contributed by atoms with E-state index in [0.717, 1.165) is 38.8 Å². The minimum atomic E-state index is 0.351. The van der Waals surface area contributed by atoms with E-state index >= 15 is 0 Å². The highest BCUT2D eigenvalue weighted by Gasteiger charge is 2.32. The van der Waals surface area contributed by atoms with Crippen LogP contribution in [0.2, 0.25) is 0 Å². The van der Waals surface area contributed by atoms with Crippen LogP contribution < -0.4 is 5.32 Å². The topological polar surface area (TPSA) is 24.5 Å². The van der Waals surface area contributed by atoms with Crippen LogP contribution in [-0.2, 0) is 4.74 Å². The third-order valence-corrected chi connectivity index (χ3v) is 4.22. The Hall–Kier alpha value is -1.16. The van der Waals surface area contributed by atoms with Crippen LogP contribution in [0, 0.1) is 0 Å². The third-order valence-electron chi connectivity index (χ3n) is 4.22. The first-order valence-electron chi connectivity index (χ1n) is 8.10. The molecular weight excluding hydrogens is 260 g/mol. The molecule has 0 unspecified atom stereocenters. The molecule has 0 radical (unpaired) electrons. The molecular formula is C18H26N2O. The monoisotopic (exact) mass is 286 g/mol. The van der Waals surface area contributed by atoms with Crippen LogP contribution in [-0.4, -0.2) is 49.8 Å². The maximum absolute atomic E-state index is 5.86. The van der Waals surface area contributed by atoms with Crippen molar-refractivity contribution in [1.82, 2.24) is 10.2 Å². The van der Waals surface area contributed by atoms with Gasteiger partial charge in [-0.2, -0.15) is 0 Å². The number of ether oxygens (including phenoxy) is 1. The Balaban J connectivity index is 1.40. The second kappa shape index (κ2) is 7.21. The molecule has 0 bridgehead atoms. The molecule has 3 heteroatoms. The molecule has 1 N–H and O–H groups in total. The van der Waals surface area contributed by atoms with E-state index < -0.39 is 0 Å². The molecule has 1 atom stereocenters. The van der Waals surface area contributed by atoms with Gasteiger partial charge >= 0.3 is 0 Å². The molecule has 0 spiro atoms. The fourth-order valence-corrected chi connectivity index (χ4v) is 2.95. The Morgan fingerprint density at radius 3 is 2.90 bits per heavy atom. The molecule has 21 heavy (non-hydrogen) atoms. The molecule has 2 fully saturated rings. The zero-order chi connectivity index (χ0) is 14.5. The van der Waals surface area contributed by atoms with Gasteiger partial charge in [-0.1, -0.05) is 42.0 Å². The number of benzene rings is 1. The van der Waals surface area contributed by atoms with Gasteiger partial charge < -0.3 is 10.1 Å². The highest BCUT2D eigenvalue weighted by atomic mass is 16.5. The van der Waals surface area contributed by atoms with Crippen LogP contribution in [0.15, 0.2) is 35.9 Å². The fourth-order valence-electron chi connectivity index (χ4n) is 2.95. The first kappa shape index (κ1) is 14.8. The third kappa shape index (κ3) is 4.67. The average Bonchev–Trinajstić information content (AvgIpc) is 3.33. The smallest absolute Gasteiger partial charge is 0.0826 e. The molecule has 3 nitrogen and oxygen atoms in total. The first-order valence-corrected chi connectivity index (χ1v) is 8.10. The van der Waals surface area contributed by atoms with Gasteiger partial charge in [0, 0.05) is 32.2 Å². The molecule has 1 aliphatic heterocycles. The molecule has 0 aromatic heterocycles. The van der Waals surface area contributed by atoms with Gasteiger partial charge in [0.25, 0.3) is 0 Å². The second-order valence-electron chi connectivity index (χ2n) is 6.25. The largest absolute Gasteiger partial charge is 0.374 e. The van der Waals surface area contributed by atoms with E-state index in [0.29, 0.717) is 6.10 Å². The van der Waals surface area contributed by atoms with Gasteiger partial charge in [0.1, 0.15) is 0 Å². The molecule has 1 saturated carbocycles. The van der Waals surface area contributed by atoms with E-state index in [9.17, 15) is 0 Å². The van der Waals surface area contributed by atoms with Gasteiger partial charge in [0.05, 0.1) is 12.7 Å². The summed E-state index contributed by atoms with van der Waals surface area (Å²) in [5.74, 6) is 0. The van der Waals surface area contributed by atoms with Crippen molar-refractivity contribution >= 4 is 6.08 Å². The Labute approximate surface area is 128 Å². The fraction of sp³-hybridized carbons (Fsp3) is 0.556. The molecule has 1 aromatic carbocycles. The first-order chi connectivity index (χ1) is 10.3. The minimum absolute atomic E-state index is 0.351. The molecule has 1 aliphatic carbocycles. The molecule has 0 amide bonds. The standard InChI is InChI=1S/C18H26N2O/c1-15(11-16-5-3-2-4-6-16)12-19-13-18-14-20(9-10-21-18)17-7-8-17/h2-6,11,17-19H,7-10,12-14H2,1H3/b15-11-/t18-/m1/s1. The lowest BCUT2D eigenvalue weighted by Crippen LogP contribution is -2.47. The van der Waals surface area contributed by atoms with Gasteiger partial charge in [0.2, 0.25) is 0 Å². The SMILES string of the molecule is C/C(=C/c1ccccc1)CNC[C@@H]1CN(C2CC2)CCO1. The predicted octanol–water partition coefficient (Wildman–Crippen LogP) is 2.54. The average molecular weight is 286 g/mol. The summed E-state index contributed by atoms with van der Waals surface area (Å²) >= 11 is 0. The maximum atomic E-state index is 5.86. The summed E-state index contributed by atoms with van der Waals surface area (Å²) in [4.78, 5) is 2.60. The minimum Gasteiger partial charge on any atom is -0.374 e. The highest BCUT2D eigenvalue weighted by molar-refractivity contribution is 5.52. The molecule has 2 aliphatic rings. The normalized spacial score (nSPS) is 24.2. The molecule has 1 aromatic rings. The number of hydrogen-bond donors (Lipinski definition) is 1. The summed E-state index contributed by atoms with van der Waals surface area (Å²) in [5, 5.41) is 3.54. The lowest BCUT2D eigenvalue weighted by molar-refractivity contribution is -0.0296. The highest BCUT2D eigenvalue weighted by Crippen LogP contribution is 2.28. The van der Waals surface area contributed by atoms with Crippen LogP contribution in [0.4, 0.5) is 0 Å². The zero-order valence-electron chi connectivity index (χ0n) is 12.9. The molecule has 3 rings (SSSR count). The van der Waals surface area contributed by atoms with E-state index in [1.807, 2.05) is 0 Å². The van der Waals surface area contributed by atoms with Crippen molar-refractivity contribution in [3.8, 4) is 0 Å². The maximum Gasteiger partial charge on any atom is 0.0826 e. The van der Waals surface area contributed by atoms with Crippen LogP contribution in [0.5, 0.6) is 0 Å². The Morgan fingerprint density at radius 2 is 2.14 bits per heavy atom. The Kier molecular flexibility index (Phi) is 5.07. The number of nitrogens with zero attached hydrogens (tertiary/aromatic N) is 1. The summed E-state index contributed by atoms with van der Waals surface area (Å²) in [7, 11) is 0.